The number of fused-ring (bicyclic) bond motifs is 1. The van der Waals surface area contributed by atoms with Gasteiger partial charge in [-0.1, -0.05) is 30.7 Å². The van der Waals surface area contributed by atoms with Crippen LogP contribution in [-0.4, -0.2) is 6.54 Å². The van der Waals surface area contributed by atoms with Gasteiger partial charge in [0, 0.05) is 20.8 Å². The van der Waals surface area contributed by atoms with Crippen LogP contribution in [0.15, 0.2) is 30.3 Å². The van der Waals surface area contributed by atoms with Crippen molar-refractivity contribution in [3.63, 3.8) is 0 Å². The third-order valence-corrected chi connectivity index (χ3v) is 5.47. The van der Waals surface area contributed by atoms with Crippen LogP contribution in [0, 0.1) is 0 Å². The highest BCUT2D eigenvalue weighted by molar-refractivity contribution is 7.12. The molecule has 106 valence electrons. The smallest absolute Gasteiger partial charge is 0.0455 e. The van der Waals surface area contributed by atoms with E-state index in [1.807, 2.05) is 23.5 Å². The molecule has 1 N–H and O–H groups in total. The van der Waals surface area contributed by atoms with Crippen molar-refractivity contribution in [2.75, 3.05) is 6.54 Å². The van der Waals surface area contributed by atoms with Crippen LogP contribution in [0.4, 0.5) is 0 Å². The lowest BCUT2D eigenvalue weighted by atomic mass is 10.0. The summed E-state index contributed by atoms with van der Waals surface area (Å²) in [5.74, 6) is 0. The Morgan fingerprint density at radius 3 is 2.95 bits per heavy atom. The molecule has 0 amide bonds. The van der Waals surface area contributed by atoms with Gasteiger partial charge in [0.2, 0.25) is 0 Å². The molecule has 1 aliphatic carbocycles. The first-order valence-electron chi connectivity index (χ1n) is 7.35. The SMILES string of the molecule is CCNC(Cc1cccc(Cl)c1)c1cc2c(s1)CCC2. The van der Waals surface area contributed by atoms with Crippen LogP contribution in [0.25, 0.3) is 0 Å². The maximum absolute atomic E-state index is 6.09. The van der Waals surface area contributed by atoms with Crippen LogP contribution in [0.2, 0.25) is 5.02 Å². The molecule has 20 heavy (non-hydrogen) atoms. The molecule has 3 heteroatoms. The van der Waals surface area contributed by atoms with Crippen molar-refractivity contribution in [2.45, 2.75) is 38.6 Å². The Morgan fingerprint density at radius 1 is 1.30 bits per heavy atom. The lowest BCUT2D eigenvalue weighted by Gasteiger charge is -2.17. The normalized spacial score (nSPS) is 15.3. The zero-order chi connectivity index (χ0) is 13.9. The topological polar surface area (TPSA) is 12.0 Å². The fourth-order valence-corrected chi connectivity index (χ4v) is 4.49. The monoisotopic (exact) mass is 305 g/mol. The molecule has 0 fully saturated rings. The van der Waals surface area contributed by atoms with Gasteiger partial charge in [-0.05, 0) is 61.6 Å². The number of likely N-dealkylation sites (N-methyl/N-ethyl adjacent to an activating group) is 1. The molecule has 0 radical (unpaired) electrons. The first kappa shape index (κ1) is 14.1. The lowest BCUT2D eigenvalue weighted by Crippen LogP contribution is -2.22. The van der Waals surface area contributed by atoms with E-state index in [1.165, 1.54) is 29.7 Å². The Labute approximate surface area is 130 Å². The molecular formula is C17H20ClNS. The van der Waals surface area contributed by atoms with Crippen molar-refractivity contribution < 1.29 is 0 Å². The van der Waals surface area contributed by atoms with Crippen LogP contribution < -0.4 is 5.32 Å². The minimum Gasteiger partial charge on any atom is -0.309 e. The minimum atomic E-state index is 0.411. The van der Waals surface area contributed by atoms with Crippen LogP contribution in [0.1, 0.15) is 40.3 Å². The van der Waals surface area contributed by atoms with E-state index in [1.54, 1.807) is 10.4 Å². The number of hydrogen-bond donors (Lipinski definition) is 1. The lowest BCUT2D eigenvalue weighted by molar-refractivity contribution is 0.558. The van der Waals surface area contributed by atoms with Crippen molar-refractivity contribution in [1.82, 2.24) is 5.32 Å². The Hall–Kier alpha value is -0.830. The van der Waals surface area contributed by atoms with E-state index < -0.39 is 0 Å². The Morgan fingerprint density at radius 2 is 2.20 bits per heavy atom. The highest BCUT2D eigenvalue weighted by atomic mass is 35.5. The predicted molar refractivity (Wildman–Crippen MR) is 87.9 cm³/mol. The molecule has 1 unspecified atom stereocenters. The zero-order valence-electron chi connectivity index (χ0n) is 11.8. The van der Waals surface area contributed by atoms with E-state index in [2.05, 4.69) is 30.4 Å². The standard InChI is InChI=1S/C17H20ClNS/c1-2-19-15(10-12-5-3-7-14(18)9-12)17-11-13-6-4-8-16(13)20-17/h3,5,7,9,11,15,19H,2,4,6,8,10H2,1H3. The quantitative estimate of drug-likeness (QED) is 0.838. The number of rotatable bonds is 5. The van der Waals surface area contributed by atoms with Crippen LogP contribution in [0.3, 0.4) is 0 Å². The Balaban J connectivity index is 1.81. The molecule has 1 aromatic heterocycles. The van der Waals surface area contributed by atoms with Crippen molar-refractivity contribution >= 4 is 22.9 Å². The molecule has 3 rings (SSSR count). The van der Waals surface area contributed by atoms with Crippen molar-refractivity contribution in [3.05, 3.63) is 56.2 Å². The predicted octanol–water partition coefficient (Wildman–Crippen LogP) is 4.78. The molecule has 1 aliphatic rings. The summed E-state index contributed by atoms with van der Waals surface area (Å²) in [6, 6.07) is 11.0. The van der Waals surface area contributed by atoms with Gasteiger partial charge >= 0.3 is 0 Å². The second-order valence-electron chi connectivity index (χ2n) is 5.40. The summed E-state index contributed by atoms with van der Waals surface area (Å²) in [7, 11) is 0. The first-order chi connectivity index (χ1) is 9.76. The molecule has 1 heterocycles. The van der Waals surface area contributed by atoms with Gasteiger partial charge in [-0.2, -0.15) is 0 Å². The number of aryl methyl sites for hydroxylation is 2. The van der Waals surface area contributed by atoms with E-state index >= 15 is 0 Å². The average Bonchev–Trinajstić information content (AvgIpc) is 2.99. The molecule has 0 aliphatic heterocycles. The van der Waals surface area contributed by atoms with Gasteiger partial charge in [0.15, 0.2) is 0 Å². The summed E-state index contributed by atoms with van der Waals surface area (Å²) in [4.78, 5) is 3.09. The molecule has 2 aromatic rings. The van der Waals surface area contributed by atoms with E-state index in [0.29, 0.717) is 6.04 Å². The Bertz CT molecular complexity index is 569. The summed E-state index contributed by atoms with van der Waals surface area (Å²) in [5, 5.41) is 4.45. The minimum absolute atomic E-state index is 0.411. The number of benzene rings is 1. The average molecular weight is 306 g/mol. The largest absolute Gasteiger partial charge is 0.309 e. The third kappa shape index (κ3) is 3.08. The maximum atomic E-state index is 6.09. The molecule has 0 spiro atoms. The number of hydrogen-bond acceptors (Lipinski definition) is 2. The van der Waals surface area contributed by atoms with Crippen molar-refractivity contribution in [3.8, 4) is 0 Å². The van der Waals surface area contributed by atoms with Gasteiger partial charge in [-0.25, -0.2) is 0 Å². The van der Waals surface area contributed by atoms with Gasteiger partial charge < -0.3 is 5.32 Å². The van der Waals surface area contributed by atoms with Gasteiger partial charge in [-0.3, -0.25) is 0 Å². The summed E-state index contributed by atoms with van der Waals surface area (Å²) in [6.07, 6.45) is 4.88. The van der Waals surface area contributed by atoms with E-state index in [4.69, 9.17) is 11.6 Å². The highest BCUT2D eigenvalue weighted by Gasteiger charge is 2.20. The van der Waals surface area contributed by atoms with Crippen molar-refractivity contribution in [1.29, 1.82) is 0 Å². The van der Waals surface area contributed by atoms with Crippen LogP contribution >= 0.6 is 22.9 Å². The summed E-state index contributed by atoms with van der Waals surface area (Å²) >= 11 is 8.09. The molecule has 0 bridgehead atoms. The van der Waals surface area contributed by atoms with Crippen molar-refractivity contribution in [2.24, 2.45) is 0 Å². The molecule has 1 aromatic carbocycles. The summed E-state index contributed by atoms with van der Waals surface area (Å²) < 4.78 is 0. The first-order valence-corrected chi connectivity index (χ1v) is 8.55. The third-order valence-electron chi connectivity index (χ3n) is 3.89. The second-order valence-corrected chi connectivity index (χ2v) is 7.00. The molecule has 0 saturated heterocycles. The van der Waals surface area contributed by atoms with Gasteiger partial charge in [0.25, 0.3) is 0 Å². The number of nitrogens with one attached hydrogen (secondary N) is 1. The number of thiophene rings is 1. The summed E-state index contributed by atoms with van der Waals surface area (Å²) in [5.41, 5.74) is 2.89. The highest BCUT2D eigenvalue weighted by Crippen LogP contribution is 2.35. The van der Waals surface area contributed by atoms with Gasteiger partial charge in [-0.15, -0.1) is 11.3 Å². The number of halogens is 1. The Kier molecular flexibility index (Phi) is 4.45. The van der Waals surface area contributed by atoms with Gasteiger partial charge in [0.1, 0.15) is 0 Å². The molecular weight excluding hydrogens is 286 g/mol. The maximum Gasteiger partial charge on any atom is 0.0455 e. The zero-order valence-corrected chi connectivity index (χ0v) is 13.4. The second kappa shape index (κ2) is 6.30. The fourth-order valence-electron chi connectivity index (χ4n) is 2.94. The van der Waals surface area contributed by atoms with E-state index in [9.17, 15) is 0 Å². The fraction of sp³-hybridized carbons (Fsp3) is 0.412. The van der Waals surface area contributed by atoms with Crippen LogP contribution in [0.5, 0.6) is 0 Å². The molecule has 1 atom stereocenters. The van der Waals surface area contributed by atoms with Crippen LogP contribution in [-0.2, 0) is 19.3 Å². The summed E-state index contributed by atoms with van der Waals surface area (Å²) in [6.45, 7) is 3.17. The van der Waals surface area contributed by atoms with E-state index in [-0.39, 0.29) is 0 Å². The molecule has 1 nitrogen and oxygen atoms in total. The van der Waals surface area contributed by atoms with E-state index in [0.717, 1.165) is 18.0 Å². The van der Waals surface area contributed by atoms with Gasteiger partial charge in [0.05, 0.1) is 0 Å². The molecule has 0 saturated carbocycles.